The summed E-state index contributed by atoms with van der Waals surface area (Å²) >= 11 is 1.17. The lowest BCUT2D eigenvalue weighted by Crippen LogP contribution is -2.22. The number of hydrogen-bond donors (Lipinski definition) is 1. The average molecular weight is 386 g/mol. The lowest BCUT2D eigenvalue weighted by atomic mass is 10.2. The smallest absolute Gasteiger partial charge is 0.277 e. The van der Waals surface area contributed by atoms with Crippen molar-refractivity contribution in [3.8, 4) is 23.0 Å². The second kappa shape index (κ2) is 8.54. The zero-order valence-electron chi connectivity index (χ0n) is 15.0. The lowest BCUT2D eigenvalue weighted by Gasteiger charge is -2.13. The molecular weight excluding hydrogens is 368 g/mol. The van der Waals surface area contributed by atoms with Crippen molar-refractivity contribution in [3.05, 3.63) is 42.7 Å². The minimum Gasteiger partial charge on any atom is -0.497 e. The monoisotopic (exact) mass is 386 g/mol. The predicted molar refractivity (Wildman–Crippen MR) is 101 cm³/mol. The van der Waals surface area contributed by atoms with Gasteiger partial charge in [-0.2, -0.15) is 0 Å². The SMILES string of the molecule is COc1ccc(NC(=O)C(C)Sc2nnc(-c3ccncc3)o2)c(OC)c1. The number of aromatic nitrogens is 3. The summed E-state index contributed by atoms with van der Waals surface area (Å²) < 4.78 is 16.1. The molecular formula is C18H18N4O4S. The van der Waals surface area contributed by atoms with Crippen molar-refractivity contribution in [2.45, 2.75) is 17.4 Å². The number of anilines is 1. The quantitative estimate of drug-likeness (QED) is 0.618. The third kappa shape index (κ3) is 4.56. The minimum atomic E-state index is -0.456. The molecule has 140 valence electrons. The van der Waals surface area contributed by atoms with Gasteiger partial charge in [-0.3, -0.25) is 9.78 Å². The van der Waals surface area contributed by atoms with Crippen LogP contribution < -0.4 is 14.8 Å². The van der Waals surface area contributed by atoms with E-state index in [9.17, 15) is 4.79 Å². The van der Waals surface area contributed by atoms with E-state index >= 15 is 0 Å². The first-order chi connectivity index (χ1) is 13.1. The molecule has 3 aromatic rings. The van der Waals surface area contributed by atoms with Gasteiger partial charge in [-0.15, -0.1) is 10.2 Å². The summed E-state index contributed by atoms with van der Waals surface area (Å²) in [6.07, 6.45) is 3.29. The van der Waals surface area contributed by atoms with Gasteiger partial charge in [0.1, 0.15) is 11.5 Å². The number of nitrogens with one attached hydrogen (secondary N) is 1. The van der Waals surface area contributed by atoms with E-state index < -0.39 is 5.25 Å². The van der Waals surface area contributed by atoms with Gasteiger partial charge in [-0.05, 0) is 31.2 Å². The first-order valence-corrected chi connectivity index (χ1v) is 8.92. The molecule has 2 aromatic heterocycles. The van der Waals surface area contributed by atoms with Gasteiger partial charge in [0.15, 0.2) is 0 Å². The Morgan fingerprint density at radius 2 is 1.93 bits per heavy atom. The number of nitrogens with zero attached hydrogens (tertiary/aromatic N) is 3. The van der Waals surface area contributed by atoms with Crippen molar-refractivity contribution in [1.29, 1.82) is 0 Å². The zero-order chi connectivity index (χ0) is 19.2. The first-order valence-electron chi connectivity index (χ1n) is 8.04. The maximum atomic E-state index is 12.5. The van der Waals surface area contributed by atoms with Crippen LogP contribution in [-0.2, 0) is 4.79 Å². The van der Waals surface area contributed by atoms with Crippen molar-refractivity contribution in [2.75, 3.05) is 19.5 Å². The number of rotatable bonds is 7. The van der Waals surface area contributed by atoms with Gasteiger partial charge >= 0.3 is 0 Å². The second-order valence-electron chi connectivity index (χ2n) is 5.42. The molecule has 27 heavy (non-hydrogen) atoms. The molecule has 3 rings (SSSR count). The molecule has 8 nitrogen and oxygen atoms in total. The van der Waals surface area contributed by atoms with Crippen molar-refractivity contribution in [2.24, 2.45) is 0 Å². The molecule has 0 aliphatic heterocycles. The molecule has 0 aliphatic rings. The van der Waals surface area contributed by atoms with E-state index in [1.807, 2.05) is 0 Å². The van der Waals surface area contributed by atoms with Crippen LogP contribution in [0.1, 0.15) is 6.92 Å². The second-order valence-corrected chi connectivity index (χ2v) is 6.72. The van der Waals surface area contributed by atoms with E-state index in [1.54, 1.807) is 56.8 Å². The van der Waals surface area contributed by atoms with E-state index in [0.29, 0.717) is 28.3 Å². The number of carbonyl (C=O) groups is 1. The van der Waals surface area contributed by atoms with Gasteiger partial charge in [0.25, 0.3) is 5.22 Å². The number of hydrogen-bond acceptors (Lipinski definition) is 8. The van der Waals surface area contributed by atoms with Crippen LogP contribution in [0.2, 0.25) is 0 Å². The van der Waals surface area contributed by atoms with E-state index in [1.165, 1.54) is 18.9 Å². The molecule has 1 unspecified atom stereocenters. The fourth-order valence-electron chi connectivity index (χ4n) is 2.21. The van der Waals surface area contributed by atoms with Crippen LogP contribution in [0.15, 0.2) is 52.4 Å². The molecule has 0 radical (unpaired) electrons. The Morgan fingerprint density at radius 3 is 2.63 bits per heavy atom. The van der Waals surface area contributed by atoms with Crippen molar-refractivity contribution >= 4 is 23.4 Å². The summed E-state index contributed by atoms with van der Waals surface area (Å²) in [5.74, 6) is 1.32. The summed E-state index contributed by atoms with van der Waals surface area (Å²) in [4.78, 5) is 16.4. The highest BCUT2D eigenvalue weighted by Crippen LogP contribution is 2.31. The zero-order valence-corrected chi connectivity index (χ0v) is 15.8. The largest absolute Gasteiger partial charge is 0.497 e. The molecule has 9 heteroatoms. The number of benzene rings is 1. The van der Waals surface area contributed by atoms with E-state index in [0.717, 1.165) is 5.56 Å². The fourth-order valence-corrected chi connectivity index (χ4v) is 2.89. The van der Waals surface area contributed by atoms with Crippen LogP contribution in [0, 0.1) is 0 Å². The molecule has 1 atom stereocenters. The Morgan fingerprint density at radius 1 is 1.15 bits per heavy atom. The predicted octanol–water partition coefficient (Wildman–Crippen LogP) is 3.27. The molecule has 1 amide bonds. The van der Waals surface area contributed by atoms with Crippen LogP contribution in [0.25, 0.3) is 11.5 Å². The highest BCUT2D eigenvalue weighted by atomic mass is 32.2. The Balaban J connectivity index is 1.65. The molecule has 0 fully saturated rings. The topological polar surface area (TPSA) is 99.4 Å². The van der Waals surface area contributed by atoms with Gasteiger partial charge < -0.3 is 19.2 Å². The number of amides is 1. The van der Waals surface area contributed by atoms with Crippen LogP contribution in [-0.4, -0.2) is 40.6 Å². The summed E-state index contributed by atoms with van der Waals surface area (Å²) in [6, 6.07) is 8.71. The van der Waals surface area contributed by atoms with Crippen molar-refractivity contribution in [1.82, 2.24) is 15.2 Å². The number of pyridine rings is 1. The Bertz CT molecular complexity index is 917. The number of methoxy groups -OCH3 is 2. The van der Waals surface area contributed by atoms with E-state index in [4.69, 9.17) is 13.9 Å². The Labute approximate surface area is 160 Å². The molecule has 1 aromatic carbocycles. The van der Waals surface area contributed by atoms with Crippen LogP contribution in [0.3, 0.4) is 0 Å². The molecule has 0 saturated carbocycles. The van der Waals surface area contributed by atoms with Crippen LogP contribution in [0.5, 0.6) is 11.5 Å². The average Bonchev–Trinajstić information content (AvgIpc) is 3.17. The van der Waals surface area contributed by atoms with Crippen molar-refractivity contribution < 1.29 is 18.7 Å². The fraction of sp³-hybridized carbons (Fsp3) is 0.222. The van der Waals surface area contributed by atoms with E-state index in [2.05, 4.69) is 20.5 Å². The Kier molecular flexibility index (Phi) is 5.92. The number of ether oxygens (including phenoxy) is 2. The molecule has 1 N–H and O–H groups in total. The van der Waals surface area contributed by atoms with Gasteiger partial charge in [-0.1, -0.05) is 11.8 Å². The third-order valence-electron chi connectivity index (χ3n) is 3.65. The Hall–Kier alpha value is -3.07. The summed E-state index contributed by atoms with van der Waals surface area (Å²) in [5.41, 5.74) is 1.32. The summed E-state index contributed by atoms with van der Waals surface area (Å²) in [7, 11) is 3.10. The van der Waals surface area contributed by atoms with Gasteiger partial charge in [0, 0.05) is 24.0 Å². The normalized spacial score (nSPS) is 11.7. The van der Waals surface area contributed by atoms with Gasteiger partial charge in [-0.25, -0.2) is 0 Å². The highest BCUT2D eigenvalue weighted by Gasteiger charge is 2.20. The standard InChI is InChI=1S/C18H18N4O4S/c1-11(16(23)20-14-5-4-13(24-2)10-15(14)25-3)27-18-22-21-17(26-18)12-6-8-19-9-7-12/h4-11H,1-3H3,(H,20,23). The molecule has 0 spiro atoms. The van der Waals surface area contributed by atoms with Crippen LogP contribution >= 0.6 is 11.8 Å². The molecule has 0 aliphatic carbocycles. The lowest BCUT2D eigenvalue weighted by molar-refractivity contribution is -0.115. The maximum Gasteiger partial charge on any atom is 0.277 e. The van der Waals surface area contributed by atoms with Crippen LogP contribution in [0.4, 0.5) is 5.69 Å². The maximum absolute atomic E-state index is 12.5. The molecule has 0 bridgehead atoms. The van der Waals surface area contributed by atoms with Gasteiger partial charge in [0.2, 0.25) is 11.8 Å². The van der Waals surface area contributed by atoms with Gasteiger partial charge in [0.05, 0.1) is 25.2 Å². The molecule has 0 saturated heterocycles. The highest BCUT2D eigenvalue weighted by molar-refractivity contribution is 8.00. The molecule has 2 heterocycles. The summed E-state index contributed by atoms with van der Waals surface area (Å²) in [5, 5.41) is 10.7. The number of carbonyl (C=O) groups excluding carboxylic acids is 1. The summed E-state index contributed by atoms with van der Waals surface area (Å²) in [6.45, 7) is 1.76. The first kappa shape index (κ1) is 18.7. The minimum absolute atomic E-state index is 0.216. The number of thioether (sulfide) groups is 1. The van der Waals surface area contributed by atoms with E-state index in [-0.39, 0.29) is 5.91 Å². The third-order valence-corrected chi connectivity index (χ3v) is 4.58. The van der Waals surface area contributed by atoms with Crippen molar-refractivity contribution in [3.63, 3.8) is 0 Å².